The predicted molar refractivity (Wildman–Crippen MR) is 75.5 cm³/mol. The summed E-state index contributed by atoms with van der Waals surface area (Å²) >= 11 is 3.87. The molecule has 2 rings (SSSR count). The Labute approximate surface area is 127 Å². The molecule has 0 aliphatic carbocycles. The van der Waals surface area contributed by atoms with Crippen molar-refractivity contribution >= 4 is 28.6 Å². The molecule has 1 amide bonds. The van der Waals surface area contributed by atoms with E-state index in [-0.39, 0.29) is 37.8 Å². The zero-order valence-electron chi connectivity index (χ0n) is 11.0. The molecule has 116 valence electrons. The normalized spacial score (nSPS) is 17.0. The molecule has 0 bridgehead atoms. The van der Waals surface area contributed by atoms with Gasteiger partial charge in [-0.15, -0.1) is 0 Å². The smallest absolute Gasteiger partial charge is 0.249 e. The molecular weight excluding hydrogens is 322 g/mol. The lowest BCUT2D eigenvalue weighted by Crippen LogP contribution is -2.51. The summed E-state index contributed by atoms with van der Waals surface area (Å²) in [6.07, 6.45) is 0. The van der Waals surface area contributed by atoms with Crippen molar-refractivity contribution in [3.8, 4) is 0 Å². The van der Waals surface area contributed by atoms with E-state index in [2.05, 4.69) is 12.6 Å². The Balaban J connectivity index is 2.21. The molecular formula is C12H14F2N2O3S2. The number of carbonyl (C=O) groups excluding carboxylic acids is 1. The molecule has 0 aromatic heterocycles. The fraction of sp³-hybridized carbons (Fsp3) is 0.417. The van der Waals surface area contributed by atoms with E-state index in [1.165, 1.54) is 4.90 Å². The highest BCUT2D eigenvalue weighted by atomic mass is 32.2. The molecule has 1 aromatic rings. The molecule has 0 saturated carbocycles. The van der Waals surface area contributed by atoms with Crippen molar-refractivity contribution in [1.82, 2.24) is 9.21 Å². The van der Waals surface area contributed by atoms with E-state index in [9.17, 15) is 22.0 Å². The number of thiol groups is 1. The van der Waals surface area contributed by atoms with E-state index in [1.54, 1.807) is 0 Å². The predicted octanol–water partition coefficient (Wildman–Crippen LogP) is 0.728. The summed E-state index contributed by atoms with van der Waals surface area (Å²) in [6.45, 7) is 0.342. The minimum atomic E-state index is -4.25. The van der Waals surface area contributed by atoms with Crippen LogP contribution in [0, 0.1) is 11.6 Å². The number of piperazine rings is 1. The van der Waals surface area contributed by atoms with Crippen LogP contribution in [0.5, 0.6) is 0 Å². The lowest BCUT2D eigenvalue weighted by Gasteiger charge is -2.33. The van der Waals surface area contributed by atoms with Gasteiger partial charge in [-0.25, -0.2) is 17.2 Å². The first-order chi connectivity index (χ1) is 9.87. The van der Waals surface area contributed by atoms with E-state index in [0.29, 0.717) is 0 Å². The summed E-state index contributed by atoms with van der Waals surface area (Å²) in [4.78, 5) is 12.0. The van der Waals surface area contributed by atoms with Gasteiger partial charge in [0, 0.05) is 26.2 Å². The molecule has 1 aliphatic rings. The van der Waals surface area contributed by atoms with Gasteiger partial charge < -0.3 is 4.90 Å². The van der Waals surface area contributed by atoms with Crippen molar-refractivity contribution in [2.75, 3.05) is 31.9 Å². The highest BCUT2D eigenvalue weighted by Crippen LogP contribution is 2.23. The van der Waals surface area contributed by atoms with Crippen LogP contribution in [-0.4, -0.2) is 55.5 Å². The second-order valence-corrected chi connectivity index (χ2v) is 6.68. The molecule has 0 unspecified atom stereocenters. The van der Waals surface area contributed by atoms with Crippen molar-refractivity contribution in [3.63, 3.8) is 0 Å². The first-order valence-electron chi connectivity index (χ1n) is 6.20. The molecule has 0 spiro atoms. The van der Waals surface area contributed by atoms with Gasteiger partial charge in [-0.1, -0.05) is 6.07 Å². The molecule has 0 atom stereocenters. The fourth-order valence-corrected chi connectivity index (χ4v) is 3.87. The Morgan fingerprint density at radius 1 is 1.14 bits per heavy atom. The average molecular weight is 336 g/mol. The van der Waals surface area contributed by atoms with Crippen LogP contribution in [0.3, 0.4) is 0 Å². The maximum Gasteiger partial charge on any atom is 0.249 e. The maximum absolute atomic E-state index is 13.6. The third-order valence-electron chi connectivity index (χ3n) is 3.24. The number of amides is 1. The van der Waals surface area contributed by atoms with Gasteiger partial charge in [0.05, 0.1) is 5.75 Å². The van der Waals surface area contributed by atoms with Crippen LogP contribution in [0.15, 0.2) is 23.1 Å². The van der Waals surface area contributed by atoms with E-state index >= 15 is 0 Å². The Bertz CT molecular complexity index is 624. The first-order valence-corrected chi connectivity index (χ1v) is 8.28. The van der Waals surface area contributed by atoms with Crippen LogP contribution in [0.2, 0.25) is 0 Å². The van der Waals surface area contributed by atoms with Gasteiger partial charge in [0.15, 0.2) is 4.90 Å². The van der Waals surface area contributed by atoms with Gasteiger partial charge in [-0.2, -0.15) is 16.9 Å². The molecule has 5 nitrogen and oxygen atoms in total. The lowest BCUT2D eigenvalue weighted by molar-refractivity contribution is -0.129. The number of rotatable bonds is 3. The Morgan fingerprint density at radius 2 is 1.67 bits per heavy atom. The number of halogens is 2. The zero-order valence-corrected chi connectivity index (χ0v) is 12.7. The third-order valence-corrected chi connectivity index (χ3v) is 5.46. The molecule has 1 aliphatic heterocycles. The number of nitrogens with zero attached hydrogens (tertiary/aromatic N) is 2. The molecule has 1 saturated heterocycles. The molecule has 1 aromatic carbocycles. The van der Waals surface area contributed by atoms with E-state index in [0.717, 1.165) is 22.5 Å². The first kappa shape index (κ1) is 16.2. The molecule has 1 heterocycles. The number of benzene rings is 1. The van der Waals surface area contributed by atoms with Crippen molar-refractivity contribution in [2.45, 2.75) is 4.90 Å². The van der Waals surface area contributed by atoms with Crippen LogP contribution in [-0.2, 0) is 14.8 Å². The van der Waals surface area contributed by atoms with Gasteiger partial charge in [0.25, 0.3) is 0 Å². The number of carbonyl (C=O) groups is 1. The largest absolute Gasteiger partial charge is 0.339 e. The molecule has 0 radical (unpaired) electrons. The Kier molecular flexibility index (Phi) is 4.84. The zero-order chi connectivity index (χ0) is 15.6. The SMILES string of the molecule is O=C(CS)N1CCN(S(=O)(=O)c2c(F)cccc2F)CC1. The molecule has 0 N–H and O–H groups in total. The highest BCUT2D eigenvalue weighted by molar-refractivity contribution is 7.89. The summed E-state index contributed by atoms with van der Waals surface area (Å²) < 4.78 is 52.9. The van der Waals surface area contributed by atoms with Gasteiger partial charge in [0.2, 0.25) is 15.9 Å². The maximum atomic E-state index is 13.6. The van der Waals surface area contributed by atoms with Gasteiger partial charge in [0.1, 0.15) is 11.6 Å². The molecule has 1 fully saturated rings. The van der Waals surface area contributed by atoms with Crippen LogP contribution in [0.4, 0.5) is 8.78 Å². The minimum absolute atomic E-state index is 0.00434. The Morgan fingerprint density at radius 3 is 2.14 bits per heavy atom. The van der Waals surface area contributed by atoms with E-state index in [4.69, 9.17) is 0 Å². The van der Waals surface area contributed by atoms with Crippen LogP contribution in [0.1, 0.15) is 0 Å². The van der Waals surface area contributed by atoms with Gasteiger partial charge >= 0.3 is 0 Å². The molecule has 21 heavy (non-hydrogen) atoms. The second-order valence-electron chi connectivity index (χ2n) is 4.49. The minimum Gasteiger partial charge on any atom is -0.339 e. The summed E-state index contributed by atoms with van der Waals surface area (Å²) in [5, 5.41) is 0. The Hall–Kier alpha value is -1.19. The van der Waals surface area contributed by atoms with E-state index < -0.39 is 26.6 Å². The van der Waals surface area contributed by atoms with Gasteiger partial charge in [-0.3, -0.25) is 4.79 Å². The number of hydrogen-bond acceptors (Lipinski definition) is 4. The van der Waals surface area contributed by atoms with Crippen molar-refractivity contribution in [2.24, 2.45) is 0 Å². The number of sulfonamides is 1. The summed E-state index contributed by atoms with van der Waals surface area (Å²) in [7, 11) is -4.25. The van der Waals surface area contributed by atoms with Crippen molar-refractivity contribution < 1.29 is 22.0 Å². The monoisotopic (exact) mass is 336 g/mol. The lowest BCUT2D eigenvalue weighted by atomic mass is 10.3. The third kappa shape index (κ3) is 3.19. The highest BCUT2D eigenvalue weighted by Gasteiger charge is 2.33. The van der Waals surface area contributed by atoms with Crippen LogP contribution < -0.4 is 0 Å². The van der Waals surface area contributed by atoms with Gasteiger partial charge in [-0.05, 0) is 12.1 Å². The van der Waals surface area contributed by atoms with Crippen molar-refractivity contribution in [1.29, 1.82) is 0 Å². The van der Waals surface area contributed by atoms with Crippen molar-refractivity contribution in [3.05, 3.63) is 29.8 Å². The average Bonchev–Trinajstić information content (AvgIpc) is 2.46. The quantitative estimate of drug-likeness (QED) is 0.828. The summed E-state index contributed by atoms with van der Waals surface area (Å²) in [6, 6.07) is 2.90. The molecule has 9 heteroatoms. The fourth-order valence-electron chi connectivity index (χ4n) is 2.14. The standard InChI is InChI=1S/C12H14F2N2O3S2/c13-9-2-1-3-10(14)12(9)21(18,19)16-6-4-15(5-7-16)11(17)8-20/h1-3,20H,4-8H2. The topological polar surface area (TPSA) is 57.7 Å². The van der Waals surface area contributed by atoms with Crippen LogP contribution in [0.25, 0.3) is 0 Å². The number of hydrogen-bond donors (Lipinski definition) is 1. The van der Waals surface area contributed by atoms with E-state index in [1.807, 2.05) is 0 Å². The second kappa shape index (κ2) is 6.29. The summed E-state index contributed by atoms with van der Waals surface area (Å²) in [5.74, 6) is -2.41. The van der Waals surface area contributed by atoms with Crippen LogP contribution >= 0.6 is 12.6 Å². The summed E-state index contributed by atoms with van der Waals surface area (Å²) in [5.41, 5.74) is 0.